The van der Waals surface area contributed by atoms with Crippen molar-refractivity contribution in [1.29, 1.82) is 0 Å². The molecule has 4 aromatic rings. The Morgan fingerprint density at radius 3 is 2.55 bits per heavy atom. The van der Waals surface area contributed by atoms with Crippen LogP contribution < -0.4 is 0 Å². The molecule has 0 amide bonds. The van der Waals surface area contributed by atoms with Gasteiger partial charge in [-0.15, -0.1) is 5.10 Å². The highest BCUT2D eigenvalue weighted by atomic mass is 35.5. The van der Waals surface area contributed by atoms with Gasteiger partial charge in [0.1, 0.15) is 53.6 Å². The van der Waals surface area contributed by atoms with Crippen LogP contribution >= 0.6 is 23.2 Å². The van der Waals surface area contributed by atoms with Gasteiger partial charge in [0.15, 0.2) is 5.82 Å². The molecule has 0 saturated carbocycles. The summed E-state index contributed by atoms with van der Waals surface area (Å²) in [6, 6.07) is 5.69. The molecule has 2 aromatic heterocycles. The number of nitrogens with zero attached hydrogens (tertiary/aromatic N) is 6. The van der Waals surface area contributed by atoms with E-state index < -0.39 is 53.7 Å². The Labute approximate surface area is 225 Å². The molecule has 3 heterocycles. The quantitative estimate of drug-likeness (QED) is 0.314. The van der Waals surface area contributed by atoms with Crippen molar-refractivity contribution in [2.24, 2.45) is 0 Å². The van der Waals surface area contributed by atoms with E-state index in [4.69, 9.17) is 27.9 Å². The van der Waals surface area contributed by atoms with Crippen LogP contribution in [0.5, 0.6) is 0 Å². The van der Waals surface area contributed by atoms with E-state index in [0.717, 1.165) is 22.4 Å². The summed E-state index contributed by atoms with van der Waals surface area (Å²) in [5.74, 6) is -1.11. The number of ether oxygens (including phenoxy) is 1. The van der Waals surface area contributed by atoms with E-state index in [1.807, 2.05) is 6.92 Å². The predicted molar refractivity (Wildman–Crippen MR) is 132 cm³/mol. The average molecular weight is 567 g/mol. The third-order valence-corrected chi connectivity index (χ3v) is 6.91. The van der Waals surface area contributed by atoms with Crippen molar-refractivity contribution in [1.82, 2.24) is 29.8 Å². The van der Waals surface area contributed by atoms with Crippen LogP contribution in [0, 0.1) is 25.5 Å². The summed E-state index contributed by atoms with van der Waals surface area (Å²) in [7, 11) is 0. The van der Waals surface area contributed by atoms with E-state index in [2.05, 4.69) is 20.4 Å². The first-order valence-corrected chi connectivity index (χ1v) is 12.2. The lowest BCUT2D eigenvalue weighted by atomic mass is 9.92. The van der Waals surface area contributed by atoms with Gasteiger partial charge in [0.2, 0.25) is 0 Å². The van der Waals surface area contributed by atoms with Gasteiger partial charge in [0.25, 0.3) is 0 Å². The van der Waals surface area contributed by atoms with Crippen LogP contribution in [0.3, 0.4) is 0 Å². The average Bonchev–Trinajstić information content (AvgIpc) is 3.50. The Bertz CT molecular complexity index is 1500. The van der Waals surface area contributed by atoms with E-state index in [9.17, 15) is 24.1 Å². The van der Waals surface area contributed by atoms with Crippen LogP contribution in [-0.4, -0.2) is 70.0 Å². The van der Waals surface area contributed by atoms with Gasteiger partial charge >= 0.3 is 0 Å². The van der Waals surface area contributed by atoms with Crippen molar-refractivity contribution in [3.63, 3.8) is 0 Å². The number of rotatable bonds is 5. The molecule has 10 nitrogen and oxygen atoms in total. The Balaban J connectivity index is 1.56. The first-order valence-electron chi connectivity index (χ1n) is 11.5. The van der Waals surface area contributed by atoms with Crippen LogP contribution in [0.4, 0.5) is 8.78 Å². The lowest BCUT2D eigenvalue weighted by molar-refractivity contribution is -0.210. The minimum Gasteiger partial charge on any atom is -0.394 e. The third-order valence-electron chi connectivity index (χ3n) is 6.39. The van der Waals surface area contributed by atoms with Gasteiger partial charge in [-0.1, -0.05) is 34.5 Å². The van der Waals surface area contributed by atoms with Gasteiger partial charge in [0, 0.05) is 10.6 Å². The van der Waals surface area contributed by atoms with Crippen molar-refractivity contribution < 1.29 is 28.8 Å². The number of aliphatic hydroxyl groups is 3. The second-order valence-corrected chi connectivity index (χ2v) is 9.78. The van der Waals surface area contributed by atoms with Gasteiger partial charge in [0.05, 0.1) is 23.5 Å². The molecular weight excluding hydrogens is 545 g/mol. The maximum Gasteiger partial charge on any atom is 0.164 e. The molecule has 0 unspecified atom stereocenters. The normalized spacial score (nSPS) is 23.7. The summed E-state index contributed by atoms with van der Waals surface area (Å²) < 4.78 is 37.0. The Morgan fingerprint density at radius 2 is 1.82 bits per heavy atom. The summed E-state index contributed by atoms with van der Waals surface area (Å²) >= 11 is 11.8. The Morgan fingerprint density at radius 1 is 1.05 bits per heavy atom. The van der Waals surface area contributed by atoms with Crippen LogP contribution in [0.15, 0.2) is 36.5 Å². The molecule has 200 valence electrons. The number of hydrogen-bond acceptors (Lipinski definition) is 8. The van der Waals surface area contributed by atoms with Gasteiger partial charge in [-0.3, -0.25) is 0 Å². The highest BCUT2D eigenvalue weighted by Crippen LogP contribution is 2.39. The Hall–Kier alpha value is -3.00. The van der Waals surface area contributed by atoms with Gasteiger partial charge in [-0.05, 0) is 43.7 Å². The molecule has 1 fully saturated rings. The molecule has 1 aliphatic heterocycles. The standard InChI is InChI=1S/C24H22Cl2F2N6O4/c1-10-3-4-12(25)5-18(10)34-24(29-11(2)31-34)23-22(37)20(21(36)19(9-35)38-23)33-8-17(30-32-33)13-6-16(28)14(26)7-15(13)27/h3-8,19-23,35-37H,9H2,1-2H3/t19-,20+,21+,22-,23-/m1/s1. The molecule has 0 bridgehead atoms. The van der Waals surface area contributed by atoms with Crippen molar-refractivity contribution in [3.05, 3.63) is 75.4 Å². The molecule has 0 aliphatic carbocycles. The van der Waals surface area contributed by atoms with E-state index in [0.29, 0.717) is 16.5 Å². The maximum atomic E-state index is 14.5. The molecule has 3 N–H and O–H groups in total. The predicted octanol–water partition coefficient (Wildman–Crippen LogP) is 3.12. The molecule has 38 heavy (non-hydrogen) atoms. The zero-order valence-corrected chi connectivity index (χ0v) is 21.5. The number of halogens is 4. The van der Waals surface area contributed by atoms with Crippen LogP contribution in [0.1, 0.15) is 29.4 Å². The highest BCUT2D eigenvalue weighted by molar-refractivity contribution is 6.31. The molecule has 1 saturated heterocycles. The van der Waals surface area contributed by atoms with Crippen molar-refractivity contribution in [3.8, 4) is 16.9 Å². The monoisotopic (exact) mass is 566 g/mol. The van der Waals surface area contributed by atoms with Gasteiger partial charge < -0.3 is 20.1 Å². The largest absolute Gasteiger partial charge is 0.394 e. The molecule has 5 atom stereocenters. The fourth-order valence-corrected chi connectivity index (χ4v) is 4.81. The maximum absolute atomic E-state index is 14.5. The van der Waals surface area contributed by atoms with Crippen molar-refractivity contribution >= 4 is 23.2 Å². The smallest absolute Gasteiger partial charge is 0.164 e. The van der Waals surface area contributed by atoms with Crippen LogP contribution in [0.2, 0.25) is 10.0 Å². The molecule has 2 aromatic carbocycles. The van der Waals surface area contributed by atoms with Crippen molar-refractivity contribution in [2.45, 2.75) is 44.3 Å². The fraction of sp³-hybridized carbons (Fsp3) is 0.333. The minimum atomic E-state index is -1.48. The van der Waals surface area contributed by atoms with Gasteiger partial charge in [-0.2, -0.15) is 5.10 Å². The first kappa shape index (κ1) is 26.6. The molecular formula is C24H22Cl2F2N6O4. The summed E-state index contributed by atoms with van der Waals surface area (Å²) in [6.07, 6.45) is -4.01. The third kappa shape index (κ3) is 4.68. The van der Waals surface area contributed by atoms with E-state index in [1.165, 1.54) is 10.9 Å². The van der Waals surface area contributed by atoms with Gasteiger partial charge in [-0.25, -0.2) is 23.1 Å². The SMILES string of the molecule is Cc1nc([C@@H]2O[C@H](CO)[C@H](O)[C@H](n3cc(-c4cc(F)c(Cl)cc4F)nn3)[C@H]2O)n(-c2cc(Cl)ccc2C)n1. The van der Waals surface area contributed by atoms with E-state index >= 15 is 0 Å². The van der Waals surface area contributed by atoms with E-state index in [-0.39, 0.29) is 17.1 Å². The Kier molecular flexibility index (Phi) is 7.20. The number of aliphatic hydroxyl groups excluding tert-OH is 3. The molecule has 0 spiro atoms. The highest BCUT2D eigenvalue weighted by Gasteiger charge is 2.48. The molecule has 14 heteroatoms. The zero-order valence-electron chi connectivity index (χ0n) is 20.0. The lowest BCUT2D eigenvalue weighted by Crippen LogP contribution is -2.53. The van der Waals surface area contributed by atoms with Crippen LogP contribution in [-0.2, 0) is 4.74 Å². The number of aryl methyl sites for hydroxylation is 2. The van der Waals surface area contributed by atoms with Crippen molar-refractivity contribution in [2.75, 3.05) is 6.61 Å². The number of benzene rings is 2. The van der Waals surface area contributed by atoms with E-state index in [1.54, 1.807) is 25.1 Å². The summed E-state index contributed by atoms with van der Waals surface area (Å²) in [5.41, 5.74) is 1.14. The summed E-state index contributed by atoms with van der Waals surface area (Å²) in [5, 5.41) is 44.7. The molecule has 0 radical (unpaired) electrons. The number of hydrogen-bond donors (Lipinski definition) is 3. The topological polar surface area (TPSA) is 131 Å². The lowest BCUT2D eigenvalue weighted by Gasteiger charge is -2.41. The summed E-state index contributed by atoms with van der Waals surface area (Å²) in [6.45, 7) is 2.92. The first-order chi connectivity index (χ1) is 18.1. The fourth-order valence-electron chi connectivity index (χ4n) is 4.50. The molecule has 5 rings (SSSR count). The summed E-state index contributed by atoms with van der Waals surface area (Å²) in [4.78, 5) is 4.45. The second-order valence-electron chi connectivity index (χ2n) is 8.94. The molecule has 1 aliphatic rings. The van der Waals surface area contributed by atoms with Crippen LogP contribution in [0.25, 0.3) is 16.9 Å². The minimum absolute atomic E-state index is 0.0605. The second kappa shape index (κ2) is 10.3. The number of aromatic nitrogens is 6. The zero-order chi connectivity index (χ0) is 27.3.